The van der Waals surface area contributed by atoms with Crippen LogP contribution < -0.4 is 10.1 Å². The van der Waals surface area contributed by atoms with Gasteiger partial charge in [0.25, 0.3) is 5.91 Å². The lowest BCUT2D eigenvalue weighted by Gasteiger charge is -2.20. The highest BCUT2D eigenvalue weighted by molar-refractivity contribution is 14.1. The van der Waals surface area contributed by atoms with Crippen LogP contribution in [0, 0.1) is 3.57 Å². The first kappa shape index (κ1) is 18.8. The fraction of sp³-hybridized carbons (Fsp3) is 0.350. The summed E-state index contributed by atoms with van der Waals surface area (Å²) in [7, 11) is 0. The van der Waals surface area contributed by atoms with Crippen molar-refractivity contribution in [2.45, 2.75) is 39.2 Å². The number of halogens is 1. The van der Waals surface area contributed by atoms with Crippen molar-refractivity contribution in [2.24, 2.45) is 0 Å². The molecular weight excluding hydrogens is 413 g/mol. The van der Waals surface area contributed by atoms with E-state index in [4.69, 9.17) is 4.74 Å². The molecule has 0 aliphatic carbocycles. The number of hydrogen-bond donors (Lipinski definition) is 1. The lowest BCUT2D eigenvalue weighted by molar-refractivity contribution is -0.123. The minimum absolute atomic E-state index is 0.0189. The summed E-state index contributed by atoms with van der Waals surface area (Å²) in [5, 5.41) is 2.97. The maximum atomic E-state index is 12.1. The van der Waals surface area contributed by atoms with Gasteiger partial charge in [-0.1, -0.05) is 45.0 Å². The van der Waals surface area contributed by atoms with Gasteiger partial charge >= 0.3 is 0 Å². The van der Waals surface area contributed by atoms with Gasteiger partial charge in [-0.05, 0) is 70.3 Å². The highest BCUT2D eigenvalue weighted by Crippen LogP contribution is 2.23. The SMILES string of the molecule is C[C@@H](NC(=O)COc1ccc(I)cc1)c1ccc(C(C)(C)C)cc1. The maximum Gasteiger partial charge on any atom is 0.258 e. The Morgan fingerprint density at radius 1 is 1.08 bits per heavy atom. The topological polar surface area (TPSA) is 38.3 Å². The van der Waals surface area contributed by atoms with E-state index >= 15 is 0 Å². The molecule has 0 fully saturated rings. The van der Waals surface area contributed by atoms with Gasteiger partial charge in [0.1, 0.15) is 5.75 Å². The molecule has 0 radical (unpaired) electrons. The van der Waals surface area contributed by atoms with E-state index in [9.17, 15) is 4.79 Å². The lowest BCUT2D eigenvalue weighted by atomic mass is 9.86. The molecule has 4 heteroatoms. The molecule has 0 aliphatic rings. The monoisotopic (exact) mass is 437 g/mol. The number of carbonyl (C=O) groups excluding carboxylic acids is 1. The van der Waals surface area contributed by atoms with E-state index in [-0.39, 0.29) is 24.0 Å². The summed E-state index contributed by atoms with van der Waals surface area (Å²) in [5.74, 6) is 0.577. The van der Waals surface area contributed by atoms with Crippen molar-refractivity contribution in [3.8, 4) is 5.75 Å². The van der Waals surface area contributed by atoms with Crippen molar-refractivity contribution >= 4 is 28.5 Å². The smallest absolute Gasteiger partial charge is 0.258 e. The van der Waals surface area contributed by atoms with E-state index in [2.05, 4.69) is 72.9 Å². The molecule has 3 nitrogen and oxygen atoms in total. The predicted molar refractivity (Wildman–Crippen MR) is 106 cm³/mol. The molecule has 24 heavy (non-hydrogen) atoms. The van der Waals surface area contributed by atoms with E-state index in [0.717, 1.165) is 9.13 Å². The number of amides is 1. The summed E-state index contributed by atoms with van der Waals surface area (Å²) < 4.78 is 6.64. The summed E-state index contributed by atoms with van der Waals surface area (Å²) >= 11 is 2.23. The van der Waals surface area contributed by atoms with Crippen molar-refractivity contribution in [3.05, 3.63) is 63.2 Å². The van der Waals surface area contributed by atoms with E-state index in [1.54, 1.807) is 0 Å². The van der Waals surface area contributed by atoms with Crippen LogP contribution >= 0.6 is 22.6 Å². The molecule has 1 amide bonds. The second-order valence-electron chi connectivity index (χ2n) is 6.90. The summed E-state index contributed by atoms with van der Waals surface area (Å²) in [6.07, 6.45) is 0. The molecule has 0 spiro atoms. The molecule has 0 saturated heterocycles. The Labute approximate surface area is 157 Å². The number of nitrogens with one attached hydrogen (secondary N) is 1. The molecule has 0 aromatic heterocycles. The maximum absolute atomic E-state index is 12.1. The van der Waals surface area contributed by atoms with Crippen molar-refractivity contribution in [1.82, 2.24) is 5.32 Å². The van der Waals surface area contributed by atoms with Crippen molar-refractivity contribution in [3.63, 3.8) is 0 Å². The van der Waals surface area contributed by atoms with Gasteiger partial charge in [0.15, 0.2) is 6.61 Å². The Hall–Kier alpha value is -1.56. The minimum atomic E-state index is -0.124. The molecule has 2 aromatic rings. The molecule has 1 N–H and O–H groups in total. The van der Waals surface area contributed by atoms with Crippen LogP contribution in [0.3, 0.4) is 0 Å². The molecule has 2 aromatic carbocycles. The molecule has 2 rings (SSSR count). The van der Waals surface area contributed by atoms with Crippen LogP contribution in [-0.2, 0) is 10.2 Å². The molecule has 0 aliphatic heterocycles. The Balaban J connectivity index is 1.88. The van der Waals surface area contributed by atoms with E-state index < -0.39 is 0 Å². The average Bonchev–Trinajstić information content (AvgIpc) is 2.53. The number of hydrogen-bond acceptors (Lipinski definition) is 2. The second kappa shape index (κ2) is 8.01. The summed E-state index contributed by atoms with van der Waals surface area (Å²) in [6.45, 7) is 8.57. The number of benzene rings is 2. The zero-order chi connectivity index (χ0) is 17.7. The molecular formula is C20H24INO2. The number of rotatable bonds is 5. The summed E-state index contributed by atoms with van der Waals surface area (Å²) in [5.41, 5.74) is 2.50. The first-order valence-electron chi connectivity index (χ1n) is 8.04. The molecule has 0 saturated carbocycles. The van der Waals surface area contributed by atoms with Crippen LogP contribution in [0.25, 0.3) is 0 Å². The van der Waals surface area contributed by atoms with Crippen molar-refractivity contribution in [1.29, 1.82) is 0 Å². The second-order valence-corrected chi connectivity index (χ2v) is 8.15. The zero-order valence-electron chi connectivity index (χ0n) is 14.6. The van der Waals surface area contributed by atoms with Gasteiger partial charge in [-0.3, -0.25) is 4.79 Å². The Kier molecular flexibility index (Phi) is 6.27. The van der Waals surface area contributed by atoms with Gasteiger partial charge in [0.05, 0.1) is 6.04 Å². The third-order valence-corrected chi connectivity index (χ3v) is 4.56. The fourth-order valence-electron chi connectivity index (χ4n) is 2.32. The zero-order valence-corrected chi connectivity index (χ0v) is 16.8. The highest BCUT2D eigenvalue weighted by Gasteiger charge is 2.15. The van der Waals surface area contributed by atoms with Crippen molar-refractivity contribution < 1.29 is 9.53 Å². The number of ether oxygens (including phenoxy) is 1. The lowest BCUT2D eigenvalue weighted by Crippen LogP contribution is -2.31. The van der Waals surface area contributed by atoms with Crippen LogP contribution in [-0.4, -0.2) is 12.5 Å². The van der Waals surface area contributed by atoms with E-state index in [1.165, 1.54) is 5.56 Å². The van der Waals surface area contributed by atoms with Gasteiger partial charge in [0.2, 0.25) is 0 Å². The van der Waals surface area contributed by atoms with E-state index in [1.807, 2.05) is 31.2 Å². The van der Waals surface area contributed by atoms with Crippen LogP contribution in [0.5, 0.6) is 5.75 Å². The minimum Gasteiger partial charge on any atom is -0.484 e. The Morgan fingerprint density at radius 2 is 1.67 bits per heavy atom. The Bertz CT molecular complexity index is 672. The van der Waals surface area contributed by atoms with Crippen LogP contribution in [0.1, 0.15) is 44.9 Å². The summed E-state index contributed by atoms with van der Waals surface area (Å²) in [4.78, 5) is 12.1. The number of carbonyl (C=O) groups is 1. The van der Waals surface area contributed by atoms with Crippen LogP contribution in [0.4, 0.5) is 0 Å². The predicted octanol–water partition coefficient (Wildman–Crippen LogP) is 4.84. The fourth-order valence-corrected chi connectivity index (χ4v) is 2.68. The highest BCUT2D eigenvalue weighted by atomic mass is 127. The normalized spacial score (nSPS) is 12.5. The van der Waals surface area contributed by atoms with Gasteiger partial charge in [0, 0.05) is 3.57 Å². The van der Waals surface area contributed by atoms with E-state index in [0.29, 0.717) is 5.75 Å². The van der Waals surface area contributed by atoms with Crippen LogP contribution in [0.2, 0.25) is 0 Å². The van der Waals surface area contributed by atoms with Gasteiger partial charge in [-0.25, -0.2) is 0 Å². The molecule has 0 unspecified atom stereocenters. The molecule has 1 atom stereocenters. The Morgan fingerprint density at radius 3 is 2.21 bits per heavy atom. The van der Waals surface area contributed by atoms with Crippen LogP contribution in [0.15, 0.2) is 48.5 Å². The first-order chi connectivity index (χ1) is 11.3. The standard InChI is InChI=1S/C20H24INO2/c1-14(15-5-7-16(8-6-15)20(2,3)4)22-19(23)13-24-18-11-9-17(21)10-12-18/h5-12,14H,13H2,1-4H3,(H,22,23)/t14-/m1/s1. The van der Waals surface area contributed by atoms with Gasteiger partial charge in [-0.15, -0.1) is 0 Å². The quantitative estimate of drug-likeness (QED) is 0.680. The van der Waals surface area contributed by atoms with Gasteiger partial charge < -0.3 is 10.1 Å². The summed E-state index contributed by atoms with van der Waals surface area (Å²) in [6, 6.07) is 16.0. The third-order valence-electron chi connectivity index (χ3n) is 3.84. The average molecular weight is 437 g/mol. The largest absolute Gasteiger partial charge is 0.484 e. The molecule has 0 bridgehead atoms. The first-order valence-corrected chi connectivity index (χ1v) is 9.12. The van der Waals surface area contributed by atoms with Gasteiger partial charge in [-0.2, -0.15) is 0 Å². The third kappa shape index (κ3) is 5.51. The molecule has 128 valence electrons. The van der Waals surface area contributed by atoms with Crippen molar-refractivity contribution in [2.75, 3.05) is 6.61 Å². The molecule has 0 heterocycles.